The van der Waals surface area contributed by atoms with E-state index in [0.717, 1.165) is 0 Å². The predicted octanol–water partition coefficient (Wildman–Crippen LogP) is 2.84. The highest BCUT2D eigenvalue weighted by Crippen LogP contribution is 2.26. The van der Waals surface area contributed by atoms with E-state index in [-0.39, 0.29) is 0 Å². The molecule has 1 aromatic heterocycles. The molecule has 2 N–H and O–H groups in total. The summed E-state index contributed by atoms with van der Waals surface area (Å²) in [6, 6.07) is 7.73. The van der Waals surface area contributed by atoms with Crippen molar-refractivity contribution >= 4 is 5.69 Å². The Bertz CT molecular complexity index is 477. The smallest absolute Gasteiger partial charge is 0.165 e. The Morgan fingerprint density at radius 1 is 1.31 bits per heavy atom. The van der Waals surface area contributed by atoms with Crippen molar-refractivity contribution in [2.24, 2.45) is 0 Å². The highest BCUT2D eigenvalue weighted by molar-refractivity contribution is 5.53. The van der Waals surface area contributed by atoms with Gasteiger partial charge in [-0.25, -0.2) is 0 Å². The van der Waals surface area contributed by atoms with Crippen molar-refractivity contribution in [2.45, 2.75) is 19.9 Å². The molecule has 0 amide bonds. The number of benzene rings is 1. The number of rotatable bonds is 3. The molecule has 4 nitrogen and oxygen atoms in total. The number of hydrogen-bond donors (Lipinski definition) is 1. The van der Waals surface area contributed by atoms with Gasteiger partial charge in [0.15, 0.2) is 5.75 Å². The molecule has 0 aliphatic rings. The Hall–Kier alpha value is -1.97. The number of nitrogen functional groups attached to an aromatic ring is 1. The Morgan fingerprint density at radius 2 is 2.06 bits per heavy atom. The number of hydrogen-bond acceptors (Lipinski definition) is 3. The molecule has 1 heterocycles. The average molecular weight is 217 g/mol. The van der Waals surface area contributed by atoms with Crippen molar-refractivity contribution in [1.29, 1.82) is 0 Å². The molecule has 0 saturated heterocycles. The van der Waals surface area contributed by atoms with E-state index in [1.54, 1.807) is 6.20 Å². The molecule has 16 heavy (non-hydrogen) atoms. The van der Waals surface area contributed by atoms with Crippen LogP contribution < -0.4 is 10.5 Å². The van der Waals surface area contributed by atoms with Crippen molar-refractivity contribution in [1.82, 2.24) is 9.78 Å². The maximum absolute atomic E-state index is 5.78. The van der Waals surface area contributed by atoms with Crippen molar-refractivity contribution in [3.63, 3.8) is 0 Å². The van der Waals surface area contributed by atoms with E-state index in [1.165, 1.54) is 0 Å². The van der Waals surface area contributed by atoms with E-state index < -0.39 is 0 Å². The lowest BCUT2D eigenvalue weighted by molar-refractivity contribution is 0.479. The van der Waals surface area contributed by atoms with Gasteiger partial charge in [-0.2, -0.15) is 5.10 Å². The molecule has 4 heteroatoms. The van der Waals surface area contributed by atoms with Gasteiger partial charge in [0.05, 0.1) is 18.1 Å². The van der Waals surface area contributed by atoms with Crippen LogP contribution in [0.15, 0.2) is 36.7 Å². The Kier molecular flexibility index (Phi) is 2.81. The molecule has 1 aromatic carbocycles. The molecular weight excluding hydrogens is 202 g/mol. The summed E-state index contributed by atoms with van der Waals surface area (Å²) in [5.74, 6) is 1.36. The van der Waals surface area contributed by atoms with Crippen LogP contribution in [0.4, 0.5) is 5.69 Å². The Labute approximate surface area is 94.6 Å². The van der Waals surface area contributed by atoms with E-state index in [4.69, 9.17) is 10.5 Å². The first-order chi connectivity index (χ1) is 7.66. The topological polar surface area (TPSA) is 53.1 Å². The summed E-state index contributed by atoms with van der Waals surface area (Å²) in [5.41, 5.74) is 6.41. The summed E-state index contributed by atoms with van der Waals surface area (Å²) in [7, 11) is 0. The van der Waals surface area contributed by atoms with Crippen molar-refractivity contribution < 1.29 is 4.74 Å². The highest BCUT2D eigenvalue weighted by atomic mass is 16.5. The van der Waals surface area contributed by atoms with E-state index in [2.05, 4.69) is 18.9 Å². The van der Waals surface area contributed by atoms with Gasteiger partial charge in [-0.15, -0.1) is 0 Å². The zero-order valence-corrected chi connectivity index (χ0v) is 9.42. The van der Waals surface area contributed by atoms with E-state index in [1.807, 2.05) is 35.1 Å². The molecule has 0 fully saturated rings. The maximum atomic E-state index is 5.78. The lowest BCUT2D eigenvalue weighted by Gasteiger charge is -2.06. The third-order valence-electron chi connectivity index (χ3n) is 2.25. The van der Waals surface area contributed by atoms with Crippen LogP contribution in [0.5, 0.6) is 11.5 Å². The van der Waals surface area contributed by atoms with Gasteiger partial charge >= 0.3 is 0 Å². The number of anilines is 1. The summed E-state index contributed by atoms with van der Waals surface area (Å²) in [4.78, 5) is 0. The highest BCUT2D eigenvalue weighted by Gasteiger charge is 2.05. The molecule has 0 bridgehead atoms. The average Bonchev–Trinajstić information content (AvgIpc) is 2.70. The SMILES string of the molecule is CC(C)n1cc(Oc2ccccc2N)cn1. The standard InChI is InChI=1S/C12H15N3O/c1-9(2)15-8-10(7-14-15)16-12-6-4-3-5-11(12)13/h3-9H,13H2,1-2H3. The van der Waals surface area contributed by atoms with E-state index in [0.29, 0.717) is 23.2 Å². The van der Waals surface area contributed by atoms with Gasteiger partial charge in [-0.1, -0.05) is 12.1 Å². The molecule has 0 unspecified atom stereocenters. The molecule has 0 atom stereocenters. The molecule has 0 aliphatic carbocycles. The number of nitrogens with zero attached hydrogens (tertiary/aromatic N) is 2. The van der Waals surface area contributed by atoms with E-state index >= 15 is 0 Å². The normalized spacial score (nSPS) is 10.7. The van der Waals surface area contributed by atoms with Crippen LogP contribution in [0.25, 0.3) is 0 Å². The fourth-order valence-electron chi connectivity index (χ4n) is 1.36. The summed E-state index contributed by atoms with van der Waals surface area (Å²) in [5, 5.41) is 4.19. The second kappa shape index (κ2) is 4.26. The van der Waals surface area contributed by atoms with Gasteiger partial charge in [-0.05, 0) is 26.0 Å². The fourth-order valence-corrected chi connectivity index (χ4v) is 1.36. The predicted molar refractivity (Wildman–Crippen MR) is 63.5 cm³/mol. The maximum Gasteiger partial charge on any atom is 0.165 e. The Morgan fingerprint density at radius 3 is 2.69 bits per heavy atom. The minimum Gasteiger partial charge on any atom is -0.452 e. The van der Waals surface area contributed by atoms with Gasteiger partial charge in [0, 0.05) is 6.04 Å². The molecule has 84 valence electrons. The molecule has 0 spiro atoms. The molecule has 0 aliphatic heterocycles. The van der Waals surface area contributed by atoms with Crippen LogP contribution in [-0.4, -0.2) is 9.78 Å². The van der Waals surface area contributed by atoms with Crippen molar-refractivity contribution in [3.05, 3.63) is 36.7 Å². The lowest BCUT2D eigenvalue weighted by Crippen LogP contribution is -1.99. The second-order valence-electron chi connectivity index (χ2n) is 3.89. The first-order valence-electron chi connectivity index (χ1n) is 5.23. The minimum atomic E-state index is 0.325. The van der Waals surface area contributed by atoms with Crippen LogP contribution in [-0.2, 0) is 0 Å². The lowest BCUT2D eigenvalue weighted by atomic mass is 10.3. The summed E-state index contributed by atoms with van der Waals surface area (Å²) in [6.45, 7) is 4.13. The third-order valence-corrected chi connectivity index (χ3v) is 2.25. The van der Waals surface area contributed by atoms with Crippen LogP contribution >= 0.6 is 0 Å². The van der Waals surface area contributed by atoms with E-state index in [9.17, 15) is 0 Å². The van der Waals surface area contributed by atoms with Crippen molar-refractivity contribution in [3.8, 4) is 11.5 Å². The second-order valence-corrected chi connectivity index (χ2v) is 3.89. The summed E-state index contributed by atoms with van der Waals surface area (Å²) in [6.07, 6.45) is 3.55. The first kappa shape index (κ1) is 10.5. The van der Waals surface area contributed by atoms with Crippen LogP contribution in [0.2, 0.25) is 0 Å². The number of ether oxygens (including phenoxy) is 1. The van der Waals surface area contributed by atoms with Gasteiger partial charge < -0.3 is 10.5 Å². The monoisotopic (exact) mass is 217 g/mol. The third kappa shape index (κ3) is 2.16. The molecule has 2 aromatic rings. The van der Waals surface area contributed by atoms with Gasteiger partial charge in [0.25, 0.3) is 0 Å². The summed E-state index contributed by atoms with van der Waals surface area (Å²) < 4.78 is 7.47. The van der Waals surface area contributed by atoms with Gasteiger partial charge in [-0.3, -0.25) is 4.68 Å². The first-order valence-corrected chi connectivity index (χ1v) is 5.23. The van der Waals surface area contributed by atoms with Crippen LogP contribution in [0, 0.1) is 0 Å². The van der Waals surface area contributed by atoms with Crippen LogP contribution in [0.3, 0.4) is 0 Å². The number of para-hydroxylation sites is 2. The van der Waals surface area contributed by atoms with Crippen molar-refractivity contribution in [2.75, 3.05) is 5.73 Å². The molecule has 0 radical (unpaired) electrons. The van der Waals surface area contributed by atoms with Gasteiger partial charge in [0.2, 0.25) is 0 Å². The fraction of sp³-hybridized carbons (Fsp3) is 0.250. The zero-order valence-electron chi connectivity index (χ0n) is 9.42. The molecular formula is C12H15N3O. The largest absolute Gasteiger partial charge is 0.452 e. The Balaban J connectivity index is 2.18. The summed E-state index contributed by atoms with van der Waals surface area (Å²) >= 11 is 0. The number of nitrogens with two attached hydrogens (primary N) is 1. The number of aromatic nitrogens is 2. The zero-order chi connectivity index (χ0) is 11.5. The van der Waals surface area contributed by atoms with Gasteiger partial charge in [0.1, 0.15) is 5.75 Å². The quantitative estimate of drug-likeness (QED) is 0.804. The van der Waals surface area contributed by atoms with Crippen LogP contribution in [0.1, 0.15) is 19.9 Å². The minimum absolute atomic E-state index is 0.325. The molecule has 2 rings (SSSR count). The molecule has 0 saturated carbocycles.